The lowest BCUT2D eigenvalue weighted by Gasteiger charge is -2.28. The summed E-state index contributed by atoms with van der Waals surface area (Å²) in [7, 11) is 0. The fourth-order valence-corrected chi connectivity index (χ4v) is 2.23. The molecule has 0 aromatic heterocycles. The summed E-state index contributed by atoms with van der Waals surface area (Å²) in [5.41, 5.74) is 0. The minimum absolute atomic E-state index is 0.648. The molecule has 0 aromatic rings. The Morgan fingerprint density at radius 3 is 2.62 bits per heavy atom. The molecule has 0 saturated heterocycles. The Balaban J connectivity index is 2.20. The van der Waals surface area contributed by atoms with Gasteiger partial charge in [0.1, 0.15) is 0 Å². The van der Waals surface area contributed by atoms with E-state index in [0.717, 1.165) is 16.9 Å². The predicted molar refractivity (Wildman–Crippen MR) is 62.1 cm³/mol. The van der Waals surface area contributed by atoms with E-state index in [1.54, 1.807) is 0 Å². The van der Waals surface area contributed by atoms with E-state index in [2.05, 4.69) is 34.7 Å². The van der Waals surface area contributed by atoms with Crippen LogP contribution in [0.2, 0.25) is 0 Å². The maximum absolute atomic E-state index is 3.83. The first-order valence-electron chi connectivity index (χ1n) is 5.27. The summed E-state index contributed by atoms with van der Waals surface area (Å²) in [5, 5.41) is 3.51. The third-order valence-corrected chi connectivity index (χ3v) is 3.25. The van der Waals surface area contributed by atoms with Gasteiger partial charge in [-0.25, -0.2) is 0 Å². The normalized spacial score (nSPS) is 21.4. The van der Waals surface area contributed by atoms with Crippen molar-refractivity contribution in [3.8, 4) is 0 Å². The largest absolute Gasteiger partial charge is 0.309 e. The molecule has 1 nitrogen and oxygen atoms in total. The fraction of sp³-hybridized carbons (Fsp3) is 0.818. The van der Waals surface area contributed by atoms with Gasteiger partial charge >= 0.3 is 0 Å². The first kappa shape index (κ1) is 11.3. The van der Waals surface area contributed by atoms with Crippen LogP contribution in [-0.4, -0.2) is 12.6 Å². The predicted octanol–water partition coefficient (Wildman–Crippen LogP) is 3.45. The molecule has 0 aliphatic heterocycles. The maximum Gasteiger partial charge on any atom is 0.0268 e. The number of hydrogen-bond donors (Lipinski definition) is 1. The monoisotopic (exact) mass is 245 g/mol. The molecule has 0 heterocycles. The minimum atomic E-state index is 0.648. The molecule has 2 heteroatoms. The second-order valence-corrected chi connectivity index (χ2v) is 5.21. The summed E-state index contributed by atoms with van der Waals surface area (Å²) in [5.74, 6) is 0.889. The molecule has 13 heavy (non-hydrogen) atoms. The van der Waals surface area contributed by atoms with Gasteiger partial charge in [0.05, 0.1) is 0 Å². The lowest BCUT2D eigenvalue weighted by atomic mass is 9.84. The topological polar surface area (TPSA) is 12.0 Å². The van der Waals surface area contributed by atoms with Crippen molar-refractivity contribution in [1.29, 1.82) is 0 Å². The molecule has 1 atom stereocenters. The number of rotatable bonds is 4. The van der Waals surface area contributed by atoms with E-state index in [-0.39, 0.29) is 0 Å². The molecule has 0 spiro atoms. The van der Waals surface area contributed by atoms with E-state index in [4.69, 9.17) is 0 Å². The van der Waals surface area contributed by atoms with Crippen LogP contribution < -0.4 is 5.32 Å². The van der Waals surface area contributed by atoms with Crippen LogP contribution in [0.25, 0.3) is 0 Å². The third kappa shape index (κ3) is 4.28. The van der Waals surface area contributed by atoms with Crippen molar-refractivity contribution in [3.63, 3.8) is 0 Å². The van der Waals surface area contributed by atoms with Crippen molar-refractivity contribution in [2.45, 2.75) is 45.1 Å². The van der Waals surface area contributed by atoms with Crippen molar-refractivity contribution in [1.82, 2.24) is 5.32 Å². The highest BCUT2D eigenvalue weighted by Crippen LogP contribution is 2.26. The Kier molecular flexibility index (Phi) is 5.04. The molecule has 0 unspecified atom stereocenters. The quantitative estimate of drug-likeness (QED) is 0.801. The second kappa shape index (κ2) is 5.82. The number of nitrogens with one attached hydrogen (secondary N) is 1. The average Bonchev–Trinajstić information content (AvgIpc) is 2.15. The van der Waals surface area contributed by atoms with Crippen LogP contribution in [0.5, 0.6) is 0 Å². The van der Waals surface area contributed by atoms with Gasteiger partial charge in [0.25, 0.3) is 0 Å². The lowest BCUT2D eigenvalue weighted by Crippen LogP contribution is -2.35. The van der Waals surface area contributed by atoms with Crippen LogP contribution in [0.3, 0.4) is 0 Å². The van der Waals surface area contributed by atoms with E-state index in [9.17, 15) is 0 Å². The van der Waals surface area contributed by atoms with Gasteiger partial charge in [-0.1, -0.05) is 41.8 Å². The summed E-state index contributed by atoms with van der Waals surface area (Å²) in [4.78, 5) is 0. The average molecular weight is 246 g/mol. The second-order valence-electron chi connectivity index (χ2n) is 4.08. The minimum Gasteiger partial charge on any atom is -0.309 e. The van der Waals surface area contributed by atoms with Crippen molar-refractivity contribution in [2.75, 3.05) is 6.54 Å². The van der Waals surface area contributed by atoms with Crippen LogP contribution in [0.15, 0.2) is 11.1 Å². The molecule has 0 amide bonds. The smallest absolute Gasteiger partial charge is 0.0268 e. The van der Waals surface area contributed by atoms with Gasteiger partial charge in [0, 0.05) is 17.1 Å². The molecular weight excluding hydrogens is 226 g/mol. The van der Waals surface area contributed by atoms with E-state index in [1.165, 1.54) is 32.1 Å². The molecule has 1 fully saturated rings. The van der Waals surface area contributed by atoms with Crippen LogP contribution in [0, 0.1) is 5.92 Å². The van der Waals surface area contributed by atoms with Gasteiger partial charge in [-0.2, -0.15) is 0 Å². The molecule has 0 bridgehead atoms. The molecule has 0 aromatic carbocycles. The van der Waals surface area contributed by atoms with E-state index in [0.29, 0.717) is 6.04 Å². The Hall–Kier alpha value is 0.180. The van der Waals surface area contributed by atoms with Crippen molar-refractivity contribution in [2.24, 2.45) is 5.92 Å². The first-order valence-corrected chi connectivity index (χ1v) is 6.06. The zero-order valence-electron chi connectivity index (χ0n) is 8.48. The maximum atomic E-state index is 3.83. The number of halogens is 1. The number of hydrogen-bond acceptors (Lipinski definition) is 1. The molecular formula is C11H20BrN. The summed E-state index contributed by atoms with van der Waals surface area (Å²) in [6.07, 6.45) is 7.10. The van der Waals surface area contributed by atoms with Gasteiger partial charge in [-0.05, 0) is 25.7 Å². The highest BCUT2D eigenvalue weighted by atomic mass is 79.9. The van der Waals surface area contributed by atoms with Gasteiger partial charge in [0.15, 0.2) is 0 Å². The summed E-state index contributed by atoms with van der Waals surface area (Å²) in [6, 6.07) is 0.648. The third-order valence-electron chi connectivity index (χ3n) is 2.97. The van der Waals surface area contributed by atoms with E-state index in [1.807, 2.05) is 0 Å². The molecule has 1 rings (SSSR count). The summed E-state index contributed by atoms with van der Waals surface area (Å²) < 4.78 is 1.05. The molecule has 1 N–H and O–H groups in total. The Morgan fingerprint density at radius 1 is 1.46 bits per heavy atom. The zero-order chi connectivity index (χ0) is 9.68. The molecule has 0 radical (unpaired) electrons. The van der Waals surface area contributed by atoms with Crippen molar-refractivity contribution in [3.05, 3.63) is 11.1 Å². The van der Waals surface area contributed by atoms with Crippen LogP contribution in [0.4, 0.5) is 0 Å². The molecule has 1 aliphatic rings. The van der Waals surface area contributed by atoms with Gasteiger partial charge < -0.3 is 5.32 Å². The highest BCUT2D eigenvalue weighted by Gasteiger charge is 2.19. The van der Waals surface area contributed by atoms with Crippen LogP contribution in [0.1, 0.15) is 39.0 Å². The Morgan fingerprint density at radius 2 is 2.08 bits per heavy atom. The Labute approximate surface area is 90.1 Å². The summed E-state index contributed by atoms with van der Waals surface area (Å²) >= 11 is 3.37. The Bertz CT molecular complexity index is 161. The molecule has 1 saturated carbocycles. The van der Waals surface area contributed by atoms with Crippen molar-refractivity contribution < 1.29 is 0 Å². The fourth-order valence-electron chi connectivity index (χ4n) is 2.07. The van der Waals surface area contributed by atoms with Gasteiger partial charge in [0.2, 0.25) is 0 Å². The molecule has 76 valence electrons. The van der Waals surface area contributed by atoms with Crippen molar-refractivity contribution >= 4 is 15.9 Å². The summed E-state index contributed by atoms with van der Waals surface area (Å²) in [6.45, 7) is 7.02. The van der Waals surface area contributed by atoms with Crippen LogP contribution >= 0.6 is 15.9 Å². The lowest BCUT2D eigenvalue weighted by molar-refractivity contribution is 0.287. The highest BCUT2D eigenvalue weighted by molar-refractivity contribution is 9.11. The zero-order valence-corrected chi connectivity index (χ0v) is 10.1. The van der Waals surface area contributed by atoms with Gasteiger partial charge in [-0.3, -0.25) is 0 Å². The van der Waals surface area contributed by atoms with Gasteiger partial charge in [-0.15, -0.1) is 0 Å². The van der Waals surface area contributed by atoms with E-state index >= 15 is 0 Å². The molecule has 1 aliphatic carbocycles. The van der Waals surface area contributed by atoms with E-state index < -0.39 is 0 Å². The standard InChI is InChI=1S/C11H20BrN/c1-9(12)8-13-10(2)11-6-4-3-5-7-11/h10-11,13H,1,3-8H2,2H3/t10-/m0/s1. The van der Waals surface area contributed by atoms with Crippen LogP contribution in [-0.2, 0) is 0 Å². The first-order chi connectivity index (χ1) is 6.20. The SMILES string of the molecule is C=C(Br)CN[C@@H](C)C1CCCCC1.